The number of carbonyl (C=O) groups is 2. The van der Waals surface area contributed by atoms with E-state index >= 15 is 0 Å². The van der Waals surface area contributed by atoms with Gasteiger partial charge < -0.3 is 11.1 Å². The van der Waals surface area contributed by atoms with E-state index in [1.54, 1.807) is 25.1 Å². The first-order valence-electron chi connectivity index (χ1n) is 5.91. The van der Waals surface area contributed by atoms with Crippen molar-refractivity contribution < 1.29 is 13.8 Å². The minimum Gasteiger partial charge on any atom is -0.398 e. The fourth-order valence-corrected chi connectivity index (χ4v) is 2.91. The largest absolute Gasteiger partial charge is 0.398 e. The zero-order chi connectivity index (χ0) is 15.3. The molecule has 0 fully saturated rings. The van der Waals surface area contributed by atoms with E-state index in [0.29, 0.717) is 17.1 Å². The van der Waals surface area contributed by atoms with E-state index in [1.165, 1.54) is 6.92 Å². The molecule has 8 heteroatoms. The molecule has 0 aliphatic carbocycles. The number of urea groups is 1. The minimum absolute atomic E-state index is 0.329. The smallest absolute Gasteiger partial charge is 0.321 e. The molecule has 0 aliphatic heterocycles. The van der Waals surface area contributed by atoms with E-state index < -0.39 is 28.0 Å². The van der Waals surface area contributed by atoms with Crippen LogP contribution >= 0.6 is 15.9 Å². The zero-order valence-corrected chi connectivity index (χ0v) is 13.5. The zero-order valence-electron chi connectivity index (χ0n) is 11.1. The Balaban J connectivity index is 2.80. The van der Waals surface area contributed by atoms with Crippen LogP contribution in [0.4, 0.5) is 10.5 Å². The van der Waals surface area contributed by atoms with Crippen LogP contribution in [0, 0.1) is 0 Å². The van der Waals surface area contributed by atoms with Crippen LogP contribution in [0.3, 0.4) is 0 Å². The van der Waals surface area contributed by atoms with Crippen molar-refractivity contribution in [1.29, 1.82) is 0 Å². The van der Waals surface area contributed by atoms with Crippen LogP contribution in [0.15, 0.2) is 27.6 Å². The Morgan fingerprint density at radius 3 is 2.65 bits per heavy atom. The second kappa shape index (κ2) is 7.39. The molecule has 0 aromatic heterocycles. The molecule has 1 aromatic carbocycles. The maximum Gasteiger partial charge on any atom is 0.321 e. The van der Waals surface area contributed by atoms with E-state index in [-0.39, 0.29) is 0 Å². The van der Waals surface area contributed by atoms with Crippen LogP contribution in [-0.2, 0) is 15.6 Å². The topological polar surface area (TPSA) is 101 Å². The molecule has 2 unspecified atom stereocenters. The Morgan fingerprint density at radius 2 is 2.10 bits per heavy atom. The molecule has 0 aliphatic rings. The molecule has 3 amide bonds. The second-order valence-corrected chi connectivity index (χ2v) is 6.63. The number of nitrogens with one attached hydrogen (secondary N) is 2. The number of amides is 3. The van der Waals surface area contributed by atoms with Crippen LogP contribution in [0.2, 0.25) is 0 Å². The standard InChI is InChI=1S/C12H16BrN3O3S/c1-3-15-12(18)16-11(17)7(2)20(19)10-5-4-8(13)6-9(10)14/h4-7H,3,14H2,1-2H3,(H2,15,16,17,18). The lowest BCUT2D eigenvalue weighted by Crippen LogP contribution is -2.44. The number of hydrogen-bond donors (Lipinski definition) is 3. The van der Waals surface area contributed by atoms with Crippen LogP contribution in [0.5, 0.6) is 0 Å². The molecule has 0 bridgehead atoms. The summed E-state index contributed by atoms with van der Waals surface area (Å²) >= 11 is 3.25. The van der Waals surface area contributed by atoms with Gasteiger partial charge in [0.25, 0.3) is 0 Å². The molecule has 0 heterocycles. The first-order chi connectivity index (χ1) is 9.36. The lowest BCUT2D eigenvalue weighted by molar-refractivity contribution is -0.119. The van der Waals surface area contributed by atoms with Crippen LogP contribution in [0.1, 0.15) is 13.8 Å². The Morgan fingerprint density at radius 1 is 1.45 bits per heavy atom. The summed E-state index contributed by atoms with van der Waals surface area (Å²) in [5.41, 5.74) is 6.10. The first kappa shape index (κ1) is 16.6. The highest BCUT2D eigenvalue weighted by atomic mass is 79.9. The average molecular weight is 362 g/mol. The van der Waals surface area contributed by atoms with Crippen molar-refractivity contribution >= 4 is 44.4 Å². The number of anilines is 1. The first-order valence-corrected chi connectivity index (χ1v) is 7.91. The van der Waals surface area contributed by atoms with Crippen molar-refractivity contribution in [2.45, 2.75) is 24.0 Å². The number of imide groups is 1. The molecule has 0 radical (unpaired) electrons. The molecular weight excluding hydrogens is 346 g/mol. The van der Waals surface area contributed by atoms with Gasteiger partial charge in [0.1, 0.15) is 5.25 Å². The summed E-state index contributed by atoms with van der Waals surface area (Å²) in [7, 11) is -1.64. The molecule has 6 nitrogen and oxygen atoms in total. The third-order valence-electron chi connectivity index (χ3n) is 2.45. The minimum atomic E-state index is -1.64. The van der Waals surface area contributed by atoms with Gasteiger partial charge in [-0.1, -0.05) is 15.9 Å². The quantitative estimate of drug-likeness (QED) is 0.704. The van der Waals surface area contributed by atoms with E-state index in [9.17, 15) is 13.8 Å². The molecule has 2 atom stereocenters. The number of rotatable bonds is 4. The van der Waals surface area contributed by atoms with E-state index in [4.69, 9.17) is 5.73 Å². The van der Waals surface area contributed by atoms with Gasteiger partial charge in [-0.25, -0.2) is 4.79 Å². The average Bonchev–Trinajstić information content (AvgIpc) is 2.37. The Hall–Kier alpha value is -1.41. The van der Waals surface area contributed by atoms with Gasteiger partial charge in [0.2, 0.25) is 5.91 Å². The molecule has 0 spiro atoms. The van der Waals surface area contributed by atoms with Crippen molar-refractivity contribution in [1.82, 2.24) is 10.6 Å². The number of carbonyl (C=O) groups excluding carboxylic acids is 2. The van der Waals surface area contributed by atoms with Gasteiger partial charge in [0.05, 0.1) is 15.7 Å². The van der Waals surface area contributed by atoms with Crippen molar-refractivity contribution in [3.63, 3.8) is 0 Å². The van der Waals surface area contributed by atoms with Crippen molar-refractivity contribution in [2.24, 2.45) is 0 Å². The molecule has 0 saturated heterocycles. The number of nitrogens with two attached hydrogens (primary N) is 1. The van der Waals surface area contributed by atoms with Crippen LogP contribution in [-0.4, -0.2) is 27.9 Å². The van der Waals surface area contributed by atoms with Gasteiger partial charge in [0.15, 0.2) is 0 Å². The predicted molar refractivity (Wildman–Crippen MR) is 81.6 cm³/mol. The molecule has 110 valence electrons. The summed E-state index contributed by atoms with van der Waals surface area (Å²) in [6.45, 7) is 3.61. The van der Waals surface area contributed by atoms with E-state index in [1.807, 2.05) is 0 Å². The summed E-state index contributed by atoms with van der Waals surface area (Å²) in [6.07, 6.45) is 0. The monoisotopic (exact) mass is 361 g/mol. The summed E-state index contributed by atoms with van der Waals surface area (Å²) < 4.78 is 13.0. The summed E-state index contributed by atoms with van der Waals surface area (Å²) in [5, 5.41) is 3.67. The number of benzene rings is 1. The Kier molecular flexibility index (Phi) is 6.15. The number of hydrogen-bond acceptors (Lipinski definition) is 4. The summed E-state index contributed by atoms with van der Waals surface area (Å²) in [6, 6.07) is 4.29. The lowest BCUT2D eigenvalue weighted by Gasteiger charge is -2.13. The Labute approximate surface area is 128 Å². The second-order valence-electron chi connectivity index (χ2n) is 3.97. The van der Waals surface area contributed by atoms with Crippen molar-refractivity contribution in [2.75, 3.05) is 12.3 Å². The fraction of sp³-hybridized carbons (Fsp3) is 0.333. The number of nitrogen functional groups attached to an aromatic ring is 1. The van der Waals surface area contributed by atoms with Gasteiger partial charge in [0, 0.05) is 16.7 Å². The van der Waals surface area contributed by atoms with E-state index in [2.05, 4.69) is 26.6 Å². The predicted octanol–water partition coefficient (Wildman–Crippen LogP) is 1.37. The van der Waals surface area contributed by atoms with Crippen LogP contribution in [0.25, 0.3) is 0 Å². The highest BCUT2D eigenvalue weighted by molar-refractivity contribution is 9.10. The molecule has 1 aromatic rings. The molecule has 1 rings (SSSR count). The maximum absolute atomic E-state index is 12.3. The summed E-state index contributed by atoms with van der Waals surface area (Å²) in [5.74, 6) is -0.614. The lowest BCUT2D eigenvalue weighted by atomic mass is 10.3. The van der Waals surface area contributed by atoms with Crippen LogP contribution < -0.4 is 16.4 Å². The van der Waals surface area contributed by atoms with Gasteiger partial charge in [-0.3, -0.25) is 14.3 Å². The SMILES string of the molecule is CCNC(=O)NC(=O)C(C)S(=O)c1ccc(Br)cc1N. The van der Waals surface area contributed by atoms with E-state index in [0.717, 1.165) is 4.47 Å². The molecule has 20 heavy (non-hydrogen) atoms. The Bertz CT molecular complexity index is 551. The van der Waals surface area contributed by atoms with Gasteiger partial charge in [-0.2, -0.15) is 0 Å². The fourth-order valence-electron chi connectivity index (χ4n) is 1.41. The third kappa shape index (κ3) is 4.31. The molecule has 4 N–H and O–H groups in total. The van der Waals surface area contributed by atoms with Gasteiger partial charge in [-0.05, 0) is 32.0 Å². The van der Waals surface area contributed by atoms with Crippen molar-refractivity contribution in [3.8, 4) is 0 Å². The van der Waals surface area contributed by atoms with Gasteiger partial charge >= 0.3 is 6.03 Å². The third-order valence-corrected chi connectivity index (χ3v) is 4.61. The van der Waals surface area contributed by atoms with Gasteiger partial charge in [-0.15, -0.1) is 0 Å². The highest BCUT2D eigenvalue weighted by Gasteiger charge is 2.24. The molecular formula is C12H16BrN3O3S. The molecule has 0 saturated carbocycles. The normalized spacial score (nSPS) is 13.3. The number of halogens is 1. The summed E-state index contributed by atoms with van der Waals surface area (Å²) in [4.78, 5) is 23.4. The highest BCUT2D eigenvalue weighted by Crippen LogP contribution is 2.23. The van der Waals surface area contributed by atoms with Crippen molar-refractivity contribution in [3.05, 3.63) is 22.7 Å². The maximum atomic E-state index is 12.3.